The van der Waals surface area contributed by atoms with Crippen LogP contribution in [0.1, 0.15) is 10.4 Å². The van der Waals surface area contributed by atoms with Gasteiger partial charge in [-0.3, -0.25) is 4.79 Å². The van der Waals surface area contributed by atoms with Crippen LogP contribution in [0.5, 0.6) is 0 Å². The van der Waals surface area contributed by atoms with Crippen molar-refractivity contribution in [3.8, 4) is 0 Å². The van der Waals surface area contributed by atoms with Crippen molar-refractivity contribution in [3.63, 3.8) is 0 Å². The molecule has 1 heterocycles. The quantitative estimate of drug-likeness (QED) is 0.403. The van der Waals surface area contributed by atoms with Crippen molar-refractivity contribution in [2.45, 2.75) is 0 Å². The summed E-state index contributed by atoms with van der Waals surface area (Å²) in [5.74, 6) is -0.322. The second-order valence-corrected chi connectivity index (χ2v) is 1.96. The molecule has 11 heavy (non-hydrogen) atoms. The molecule has 0 aliphatic carbocycles. The second kappa shape index (κ2) is 4.39. The van der Waals surface area contributed by atoms with Gasteiger partial charge in [-0.25, -0.2) is 0 Å². The Labute approximate surface area is 80.9 Å². The molecule has 1 aromatic heterocycles. The molecule has 0 bridgehead atoms. The molecule has 4 heteroatoms. The first-order chi connectivity index (χ1) is 4.74. The first kappa shape index (κ1) is 10.5. The zero-order valence-corrected chi connectivity index (χ0v) is 8.56. The van der Waals surface area contributed by atoms with E-state index in [0.29, 0.717) is 5.56 Å². The van der Waals surface area contributed by atoms with E-state index in [1.54, 1.807) is 23.9 Å². The summed E-state index contributed by atoms with van der Waals surface area (Å²) in [4.78, 5) is 10.8. The van der Waals surface area contributed by atoms with Crippen molar-refractivity contribution in [2.75, 3.05) is 7.11 Å². The second-order valence-electron chi connectivity index (χ2n) is 1.96. The molecule has 1 rings (SSSR count). The van der Waals surface area contributed by atoms with Crippen molar-refractivity contribution in [1.29, 1.82) is 0 Å². The normalized spacial score (nSPS) is 8.55. The SMILES string of the molecule is COC(=O)c1c[c-]n(C)c1.[Nb]. The molecule has 3 nitrogen and oxygen atoms in total. The van der Waals surface area contributed by atoms with Crippen LogP contribution in [0.15, 0.2) is 12.3 Å². The third kappa shape index (κ3) is 2.54. The van der Waals surface area contributed by atoms with Gasteiger partial charge in [-0.15, -0.1) is 12.4 Å². The molecule has 0 aliphatic rings. The minimum absolute atomic E-state index is 0. The number of esters is 1. The largest absolute Gasteiger partial charge is 0.475 e. The minimum Gasteiger partial charge on any atom is -0.475 e. The molecule has 1 radical (unpaired) electrons. The van der Waals surface area contributed by atoms with Gasteiger partial charge in [0.15, 0.2) is 0 Å². The predicted molar refractivity (Wildman–Crippen MR) is 35.6 cm³/mol. The van der Waals surface area contributed by atoms with Crippen molar-refractivity contribution in [3.05, 3.63) is 24.0 Å². The van der Waals surface area contributed by atoms with Gasteiger partial charge < -0.3 is 9.30 Å². The van der Waals surface area contributed by atoms with E-state index in [-0.39, 0.29) is 28.3 Å². The number of hydrogen-bond donors (Lipinski definition) is 0. The number of nitrogens with zero attached hydrogens (tertiary/aromatic N) is 1. The molecular formula is C7H8NNbO2-. The van der Waals surface area contributed by atoms with Gasteiger partial charge in [0, 0.05) is 22.4 Å². The van der Waals surface area contributed by atoms with Crippen LogP contribution in [-0.2, 0) is 34.2 Å². The predicted octanol–water partition coefficient (Wildman–Crippen LogP) is 0.609. The van der Waals surface area contributed by atoms with Gasteiger partial charge in [0.25, 0.3) is 5.97 Å². The first-order valence-corrected chi connectivity index (χ1v) is 2.86. The van der Waals surface area contributed by atoms with Crippen LogP contribution in [0.2, 0.25) is 0 Å². The van der Waals surface area contributed by atoms with Crippen LogP contribution >= 0.6 is 0 Å². The molecular weight excluding hydrogens is 223 g/mol. The zero-order valence-electron chi connectivity index (χ0n) is 6.37. The zero-order chi connectivity index (χ0) is 7.56. The van der Waals surface area contributed by atoms with Crippen molar-refractivity contribution in [2.24, 2.45) is 7.05 Å². The Hall–Kier alpha value is -0.510. The van der Waals surface area contributed by atoms with Crippen molar-refractivity contribution >= 4 is 5.97 Å². The summed E-state index contributed by atoms with van der Waals surface area (Å²) in [5.41, 5.74) is 0.532. The smallest absolute Gasteiger partial charge is 0.271 e. The van der Waals surface area contributed by atoms with Crippen LogP contribution in [-0.4, -0.2) is 17.6 Å². The summed E-state index contributed by atoms with van der Waals surface area (Å²) < 4.78 is 6.15. The Morgan fingerprint density at radius 1 is 1.73 bits per heavy atom. The van der Waals surface area contributed by atoms with Crippen molar-refractivity contribution in [1.82, 2.24) is 4.57 Å². The molecule has 59 valence electrons. The third-order valence-corrected chi connectivity index (χ3v) is 1.18. The number of aryl methyl sites for hydroxylation is 1. The molecule has 1 aromatic rings. The van der Waals surface area contributed by atoms with Gasteiger partial charge in [-0.05, 0) is 7.05 Å². The molecule has 0 fully saturated rings. The average Bonchev–Trinajstić information content (AvgIpc) is 2.34. The average molecular weight is 231 g/mol. The fourth-order valence-electron chi connectivity index (χ4n) is 0.684. The Balaban J connectivity index is 0.000001000. The maximum absolute atomic E-state index is 10.8. The molecule has 0 N–H and O–H groups in total. The van der Waals surface area contributed by atoms with Gasteiger partial charge in [0.05, 0.1) is 7.11 Å². The molecule has 0 spiro atoms. The van der Waals surface area contributed by atoms with Crippen LogP contribution in [0.3, 0.4) is 0 Å². The molecule has 0 saturated heterocycles. The van der Waals surface area contributed by atoms with E-state index in [0.717, 1.165) is 0 Å². The van der Waals surface area contributed by atoms with Crippen LogP contribution < -0.4 is 0 Å². The van der Waals surface area contributed by atoms with Crippen LogP contribution in [0.25, 0.3) is 0 Å². The summed E-state index contributed by atoms with van der Waals surface area (Å²) >= 11 is 0. The summed E-state index contributed by atoms with van der Waals surface area (Å²) in [7, 11) is 3.15. The molecule has 0 saturated carbocycles. The van der Waals surface area contributed by atoms with Gasteiger partial charge in [0.1, 0.15) is 0 Å². The first-order valence-electron chi connectivity index (χ1n) is 2.86. The van der Waals surface area contributed by atoms with E-state index >= 15 is 0 Å². The number of hydrogen-bond acceptors (Lipinski definition) is 2. The standard InChI is InChI=1S/C7H8NO2.Nb/c1-8-4-3-6(5-8)7(9)10-2;/h3,5H,1-2H3;/q-1;. The summed E-state index contributed by atoms with van der Waals surface area (Å²) in [6, 6.07) is 1.59. The van der Waals surface area contributed by atoms with Crippen LogP contribution in [0.4, 0.5) is 0 Å². The van der Waals surface area contributed by atoms with Gasteiger partial charge in [-0.2, -0.15) is 6.07 Å². The third-order valence-electron chi connectivity index (χ3n) is 1.18. The Morgan fingerprint density at radius 2 is 2.36 bits per heavy atom. The molecule has 0 amide bonds. The maximum Gasteiger partial charge on any atom is 0.271 e. The fraction of sp³-hybridized carbons (Fsp3) is 0.286. The monoisotopic (exact) mass is 231 g/mol. The van der Waals surface area contributed by atoms with Gasteiger partial charge in [-0.1, -0.05) is 5.56 Å². The van der Waals surface area contributed by atoms with E-state index in [2.05, 4.69) is 10.9 Å². The molecule has 0 aliphatic heterocycles. The Kier molecular flexibility index (Phi) is 4.18. The Bertz CT molecular complexity index is 244. The van der Waals surface area contributed by atoms with E-state index in [9.17, 15) is 4.79 Å². The minimum atomic E-state index is -0.322. The molecule has 0 atom stereocenters. The van der Waals surface area contributed by atoms with E-state index in [1.165, 1.54) is 7.11 Å². The van der Waals surface area contributed by atoms with Gasteiger partial charge in [0.2, 0.25) is 0 Å². The molecule has 0 aromatic carbocycles. The van der Waals surface area contributed by atoms with E-state index in [4.69, 9.17) is 0 Å². The van der Waals surface area contributed by atoms with E-state index in [1.807, 2.05) is 0 Å². The number of methoxy groups -OCH3 is 1. The number of carbonyl (C=O) groups is 1. The Morgan fingerprint density at radius 3 is 2.73 bits per heavy atom. The van der Waals surface area contributed by atoms with E-state index < -0.39 is 0 Å². The number of carbonyl (C=O) groups excluding carboxylic acids is 1. The fourth-order valence-corrected chi connectivity index (χ4v) is 0.684. The maximum atomic E-state index is 10.8. The summed E-state index contributed by atoms with van der Waals surface area (Å²) in [6.07, 6.45) is 4.46. The van der Waals surface area contributed by atoms with Crippen molar-refractivity contribution < 1.29 is 31.9 Å². The van der Waals surface area contributed by atoms with Gasteiger partial charge >= 0.3 is 0 Å². The summed E-state index contributed by atoms with van der Waals surface area (Å²) in [5, 5.41) is 0. The summed E-state index contributed by atoms with van der Waals surface area (Å²) in [6.45, 7) is 0. The molecule has 0 unspecified atom stereocenters. The number of aromatic nitrogens is 1. The number of rotatable bonds is 1. The number of ether oxygens (including phenoxy) is 1. The topological polar surface area (TPSA) is 31.2 Å². The van der Waals surface area contributed by atoms with Crippen LogP contribution in [0, 0.1) is 6.20 Å².